The second-order valence-corrected chi connectivity index (χ2v) is 3.30. The van der Waals surface area contributed by atoms with E-state index in [1.165, 1.54) is 0 Å². The van der Waals surface area contributed by atoms with E-state index in [1.807, 2.05) is 0 Å². The van der Waals surface area contributed by atoms with E-state index in [-0.39, 0.29) is 5.97 Å². The van der Waals surface area contributed by atoms with Gasteiger partial charge in [0.1, 0.15) is 5.54 Å². The first-order valence-corrected chi connectivity index (χ1v) is 4.21. The van der Waals surface area contributed by atoms with Crippen LogP contribution in [0.1, 0.15) is 26.2 Å². The number of hydrogen-bond acceptors (Lipinski definition) is 3. The van der Waals surface area contributed by atoms with Gasteiger partial charge in [-0.3, -0.25) is 4.79 Å². The van der Waals surface area contributed by atoms with Gasteiger partial charge in [0, 0.05) is 0 Å². The number of carbonyl (C=O) groups excluding carboxylic acids is 1. The van der Waals surface area contributed by atoms with Gasteiger partial charge < -0.3 is 10.5 Å². The van der Waals surface area contributed by atoms with Crippen LogP contribution in [0, 0.1) is 0 Å². The number of nitrogens with two attached hydrogens (primary N) is 1. The number of carbonyl (C=O) groups is 1. The summed E-state index contributed by atoms with van der Waals surface area (Å²) in [5.74, 6) is -0.288. The Labute approximate surface area is 72.6 Å². The summed E-state index contributed by atoms with van der Waals surface area (Å²) >= 11 is 0. The Hall–Kier alpha value is -0.830. The molecular weight excluding hydrogens is 154 g/mol. The second-order valence-electron chi connectivity index (χ2n) is 3.30. The van der Waals surface area contributed by atoms with Crippen molar-refractivity contribution in [1.82, 2.24) is 0 Å². The lowest BCUT2D eigenvalue weighted by Gasteiger charge is -2.20. The maximum Gasteiger partial charge on any atom is 0.326 e. The summed E-state index contributed by atoms with van der Waals surface area (Å²) in [4.78, 5) is 11.3. The topological polar surface area (TPSA) is 52.3 Å². The van der Waals surface area contributed by atoms with E-state index < -0.39 is 5.54 Å². The molecule has 0 spiro atoms. The fraction of sp³-hybridized carbons (Fsp3) is 0.667. The van der Waals surface area contributed by atoms with Crippen LogP contribution in [0.15, 0.2) is 12.2 Å². The van der Waals surface area contributed by atoms with Crippen LogP contribution in [-0.4, -0.2) is 18.1 Å². The molecule has 0 saturated heterocycles. The molecule has 3 heteroatoms. The molecule has 1 unspecified atom stereocenters. The smallest absolute Gasteiger partial charge is 0.326 e. The normalized spacial score (nSPS) is 29.0. The summed E-state index contributed by atoms with van der Waals surface area (Å²) in [5.41, 5.74) is 6.11. The third-order valence-corrected chi connectivity index (χ3v) is 2.17. The van der Waals surface area contributed by atoms with Crippen LogP contribution in [0.5, 0.6) is 0 Å². The Bertz CT molecular complexity index is 213. The molecule has 0 radical (unpaired) electrons. The predicted molar refractivity (Wildman–Crippen MR) is 46.5 cm³/mol. The van der Waals surface area contributed by atoms with Crippen LogP contribution in [0.4, 0.5) is 0 Å². The minimum absolute atomic E-state index is 0.288. The monoisotopic (exact) mass is 169 g/mol. The quantitative estimate of drug-likeness (QED) is 0.495. The molecule has 1 aliphatic carbocycles. The third-order valence-electron chi connectivity index (χ3n) is 2.17. The van der Waals surface area contributed by atoms with Crippen molar-refractivity contribution < 1.29 is 9.53 Å². The molecule has 12 heavy (non-hydrogen) atoms. The first-order chi connectivity index (χ1) is 5.58. The van der Waals surface area contributed by atoms with Gasteiger partial charge in [0.2, 0.25) is 0 Å². The highest BCUT2D eigenvalue weighted by atomic mass is 16.5. The molecule has 1 rings (SSSR count). The number of esters is 1. The highest BCUT2D eigenvalue weighted by molar-refractivity contribution is 5.81. The fourth-order valence-electron chi connectivity index (χ4n) is 1.47. The van der Waals surface area contributed by atoms with Gasteiger partial charge in [-0.25, -0.2) is 0 Å². The summed E-state index contributed by atoms with van der Waals surface area (Å²) < 4.78 is 4.87. The van der Waals surface area contributed by atoms with Crippen LogP contribution in [0.25, 0.3) is 0 Å². The molecule has 0 aromatic rings. The van der Waals surface area contributed by atoms with E-state index in [0.29, 0.717) is 19.4 Å². The van der Waals surface area contributed by atoms with Crippen molar-refractivity contribution in [3.63, 3.8) is 0 Å². The molecule has 3 nitrogen and oxygen atoms in total. The molecule has 1 atom stereocenters. The zero-order valence-electron chi connectivity index (χ0n) is 7.43. The summed E-state index contributed by atoms with van der Waals surface area (Å²) in [6, 6.07) is 0. The zero-order chi connectivity index (χ0) is 9.19. The highest BCUT2D eigenvalue weighted by Gasteiger charge is 2.39. The minimum atomic E-state index is -0.785. The summed E-state index contributed by atoms with van der Waals surface area (Å²) in [6.07, 6.45) is 2.09. The van der Waals surface area contributed by atoms with Gasteiger partial charge in [-0.05, 0) is 26.2 Å². The molecule has 2 N–H and O–H groups in total. The van der Waals surface area contributed by atoms with E-state index in [2.05, 4.69) is 6.58 Å². The lowest BCUT2D eigenvalue weighted by molar-refractivity contribution is -0.149. The van der Waals surface area contributed by atoms with Crippen molar-refractivity contribution in [2.24, 2.45) is 5.73 Å². The minimum Gasteiger partial charge on any atom is -0.465 e. The molecule has 68 valence electrons. The molecule has 0 amide bonds. The van der Waals surface area contributed by atoms with Gasteiger partial charge in [0.05, 0.1) is 6.61 Å². The SMILES string of the molecule is C=C1CCC(N)(C(=O)OCC)C1. The van der Waals surface area contributed by atoms with Gasteiger partial charge in [-0.2, -0.15) is 0 Å². The number of hydrogen-bond donors (Lipinski definition) is 1. The average molecular weight is 169 g/mol. The van der Waals surface area contributed by atoms with Gasteiger partial charge in [0.15, 0.2) is 0 Å². The van der Waals surface area contributed by atoms with Crippen molar-refractivity contribution in [3.8, 4) is 0 Å². The first kappa shape index (κ1) is 9.26. The molecule has 0 aromatic heterocycles. The molecule has 0 aliphatic heterocycles. The Morgan fingerprint density at radius 1 is 1.83 bits per heavy atom. The molecule has 0 bridgehead atoms. The Morgan fingerprint density at radius 3 is 2.92 bits per heavy atom. The standard InChI is InChI=1S/C9H15NO2/c1-3-12-8(11)9(10)5-4-7(2)6-9/h2-6,10H2,1H3. The van der Waals surface area contributed by atoms with Crippen molar-refractivity contribution in [2.45, 2.75) is 31.7 Å². The predicted octanol–water partition coefficient (Wildman–Crippen LogP) is 0.987. The van der Waals surface area contributed by atoms with Crippen LogP contribution in [0.2, 0.25) is 0 Å². The zero-order valence-corrected chi connectivity index (χ0v) is 7.43. The van der Waals surface area contributed by atoms with Crippen molar-refractivity contribution in [3.05, 3.63) is 12.2 Å². The van der Waals surface area contributed by atoms with Crippen LogP contribution in [0.3, 0.4) is 0 Å². The van der Waals surface area contributed by atoms with E-state index in [4.69, 9.17) is 10.5 Å². The van der Waals surface area contributed by atoms with E-state index in [9.17, 15) is 4.79 Å². The first-order valence-electron chi connectivity index (χ1n) is 4.21. The maximum atomic E-state index is 11.3. The molecule has 1 fully saturated rings. The number of rotatable bonds is 2. The maximum absolute atomic E-state index is 11.3. The average Bonchev–Trinajstić information content (AvgIpc) is 2.33. The summed E-state index contributed by atoms with van der Waals surface area (Å²) in [6.45, 7) is 5.98. The van der Waals surface area contributed by atoms with Crippen LogP contribution < -0.4 is 5.73 Å². The van der Waals surface area contributed by atoms with Crippen molar-refractivity contribution in [1.29, 1.82) is 0 Å². The van der Waals surface area contributed by atoms with Crippen molar-refractivity contribution >= 4 is 5.97 Å². The molecule has 1 aliphatic rings. The van der Waals surface area contributed by atoms with E-state index in [0.717, 1.165) is 12.0 Å². The van der Waals surface area contributed by atoms with Gasteiger partial charge >= 0.3 is 5.97 Å². The summed E-state index contributed by atoms with van der Waals surface area (Å²) in [5, 5.41) is 0. The van der Waals surface area contributed by atoms with Crippen LogP contribution in [-0.2, 0) is 9.53 Å². The lowest BCUT2D eigenvalue weighted by Crippen LogP contribution is -2.46. The third kappa shape index (κ3) is 1.67. The van der Waals surface area contributed by atoms with E-state index in [1.54, 1.807) is 6.92 Å². The van der Waals surface area contributed by atoms with Gasteiger partial charge in [0.25, 0.3) is 0 Å². The fourth-order valence-corrected chi connectivity index (χ4v) is 1.47. The van der Waals surface area contributed by atoms with Crippen LogP contribution >= 0.6 is 0 Å². The van der Waals surface area contributed by atoms with Gasteiger partial charge in [-0.15, -0.1) is 0 Å². The Morgan fingerprint density at radius 2 is 2.50 bits per heavy atom. The van der Waals surface area contributed by atoms with Crippen molar-refractivity contribution in [2.75, 3.05) is 6.61 Å². The van der Waals surface area contributed by atoms with E-state index >= 15 is 0 Å². The largest absolute Gasteiger partial charge is 0.465 e. The molecule has 1 saturated carbocycles. The molecule has 0 aromatic carbocycles. The Balaban J connectivity index is 2.60. The Kier molecular flexibility index (Phi) is 2.52. The number of ether oxygens (including phenoxy) is 1. The molecular formula is C9H15NO2. The molecule has 0 heterocycles. The second kappa shape index (κ2) is 3.27. The van der Waals surface area contributed by atoms with Gasteiger partial charge in [-0.1, -0.05) is 12.2 Å². The highest BCUT2D eigenvalue weighted by Crippen LogP contribution is 2.31. The summed E-state index contributed by atoms with van der Waals surface area (Å²) in [7, 11) is 0. The lowest BCUT2D eigenvalue weighted by atomic mass is 9.99.